The highest BCUT2D eigenvalue weighted by atomic mass is 28.5. The van der Waals surface area contributed by atoms with Crippen LogP contribution in [0.2, 0.25) is 51.4 Å². The van der Waals surface area contributed by atoms with Gasteiger partial charge in [0.25, 0.3) is 0 Å². The molecule has 0 bridgehead atoms. The van der Waals surface area contributed by atoms with E-state index >= 15 is 0 Å². The molecule has 0 spiro atoms. The average Bonchev–Trinajstić information content (AvgIpc) is 3.05. The van der Waals surface area contributed by atoms with Crippen molar-refractivity contribution in [2.75, 3.05) is 0 Å². The molecule has 0 aliphatic heterocycles. The minimum atomic E-state index is -2.11. The van der Waals surface area contributed by atoms with Gasteiger partial charge in [-0.3, -0.25) is 0 Å². The number of benzene rings is 1. The van der Waals surface area contributed by atoms with Crippen LogP contribution in [0.25, 0.3) is 0 Å². The highest BCUT2D eigenvalue weighted by Gasteiger charge is 2.57. The number of hydrogen-bond acceptors (Lipinski definition) is 2. The molecule has 1 saturated carbocycles. The van der Waals surface area contributed by atoms with Crippen molar-refractivity contribution in [3.8, 4) is 0 Å². The van der Waals surface area contributed by atoms with Gasteiger partial charge in [0.05, 0.1) is 0 Å². The molecule has 0 radical (unpaired) electrons. The van der Waals surface area contributed by atoms with Crippen LogP contribution in [0, 0.1) is 0 Å². The second kappa shape index (κ2) is 5.77. The molecule has 21 heavy (non-hydrogen) atoms. The molecule has 0 unspecified atom stereocenters. The van der Waals surface area contributed by atoms with Gasteiger partial charge in [-0.25, -0.2) is 0 Å². The Morgan fingerprint density at radius 1 is 0.810 bits per heavy atom. The molecular weight excluding hydrogens is 308 g/mol. The first-order valence-electron chi connectivity index (χ1n) is 7.95. The molecule has 1 aliphatic rings. The first-order chi connectivity index (χ1) is 9.50. The lowest BCUT2D eigenvalue weighted by Crippen LogP contribution is -2.53. The van der Waals surface area contributed by atoms with Crippen molar-refractivity contribution in [3.63, 3.8) is 0 Å². The van der Waals surface area contributed by atoms with Crippen LogP contribution in [0.4, 0.5) is 0 Å². The maximum Gasteiger partial charge on any atom is 0.318 e. The molecule has 0 saturated heterocycles. The summed E-state index contributed by atoms with van der Waals surface area (Å²) in [6.07, 6.45) is 1.24. The van der Waals surface area contributed by atoms with Gasteiger partial charge in [0.1, 0.15) is 0 Å². The van der Waals surface area contributed by atoms with E-state index in [0.717, 1.165) is 0 Å². The van der Waals surface area contributed by atoms with Gasteiger partial charge in [0.2, 0.25) is 0 Å². The van der Waals surface area contributed by atoms with Crippen LogP contribution >= 0.6 is 0 Å². The molecule has 1 fully saturated rings. The first-order valence-corrected chi connectivity index (χ1v) is 17.2. The first kappa shape index (κ1) is 17.1. The van der Waals surface area contributed by atoms with E-state index in [4.69, 9.17) is 8.23 Å². The predicted octanol–water partition coefficient (Wildman–Crippen LogP) is 5.32. The van der Waals surface area contributed by atoms with Gasteiger partial charge in [0.15, 0.2) is 16.6 Å². The van der Waals surface area contributed by atoms with Crippen LogP contribution < -0.4 is 0 Å². The predicted molar refractivity (Wildman–Crippen MR) is 98.0 cm³/mol. The van der Waals surface area contributed by atoms with Gasteiger partial charge in [-0.2, -0.15) is 0 Å². The molecule has 5 heteroatoms. The Hall–Kier alpha value is -0.209. The van der Waals surface area contributed by atoms with E-state index in [0.29, 0.717) is 11.5 Å². The molecule has 2 nitrogen and oxygen atoms in total. The van der Waals surface area contributed by atoms with Crippen LogP contribution in [0.3, 0.4) is 0 Å². The summed E-state index contributed by atoms with van der Waals surface area (Å²) >= 11 is 0. The second-order valence-electron chi connectivity index (χ2n) is 8.30. The molecule has 0 heterocycles. The summed E-state index contributed by atoms with van der Waals surface area (Å²) in [7, 11) is -5.28. The molecular formula is C16H30O2Si3. The molecule has 2 rings (SSSR count). The molecule has 1 aromatic carbocycles. The third-order valence-corrected chi connectivity index (χ3v) is 13.8. The fraction of sp³-hybridized carbons (Fsp3) is 0.625. The van der Waals surface area contributed by atoms with Gasteiger partial charge in [-0.15, -0.1) is 0 Å². The smallest absolute Gasteiger partial charge is 0.318 e. The lowest BCUT2D eigenvalue weighted by atomic mass is 10.1. The van der Waals surface area contributed by atoms with Gasteiger partial charge in [0, 0.05) is 5.54 Å². The SMILES string of the molecule is C[Si](C)(C)O[Si](C)(O[Si](C)(C)C)[C@H]1C[C@@H]1c1ccccc1. The summed E-state index contributed by atoms with van der Waals surface area (Å²) in [6, 6.07) is 10.9. The van der Waals surface area contributed by atoms with Gasteiger partial charge in [-0.1, -0.05) is 30.3 Å². The van der Waals surface area contributed by atoms with Gasteiger partial charge < -0.3 is 8.23 Å². The van der Waals surface area contributed by atoms with Crippen molar-refractivity contribution in [2.24, 2.45) is 0 Å². The largest absolute Gasteiger partial charge is 0.436 e. The van der Waals surface area contributed by atoms with Crippen LogP contribution in [-0.2, 0) is 8.23 Å². The quantitative estimate of drug-likeness (QED) is 0.654. The van der Waals surface area contributed by atoms with Crippen molar-refractivity contribution >= 4 is 25.2 Å². The van der Waals surface area contributed by atoms with Crippen molar-refractivity contribution < 1.29 is 8.23 Å². The monoisotopic (exact) mass is 338 g/mol. The highest BCUT2D eigenvalue weighted by molar-refractivity contribution is 6.88. The van der Waals surface area contributed by atoms with E-state index in [1.165, 1.54) is 12.0 Å². The van der Waals surface area contributed by atoms with Crippen LogP contribution in [0.1, 0.15) is 17.9 Å². The number of rotatable bonds is 6. The lowest BCUT2D eigenvalue weighted by molar-refractivity contribution is 0.380. The van der Waals surface area contributed by atoms with Crippen molar-refractivity contribution in [1.82, 2.24) is 0 Å². The third kappa shape index (κ3) is 4.89. The van der Waals surface area contributed by atoms with Crippen molar-refractivity contribution in [1.29, 1.82) is 0 Å². The van der Waals surface area contributed by atoms with Crippen LogP contribution in [0.15, 0.2) is 30.3 Å². The minimum Gasteiger partial charge on any atom is -0.436 e. The molecule has 0 N–H and O–H groups in total. The number of hydrogen-bond donors (Lipinski definition) is 0. The van der Waals surface area contributed by atoms with Gasteiger partial charge >= 0.3 is 8.56 Å². The normalized spacial score (nSPS) is 23.2. The molecule has 118 valence electrons. The average molecular weight is 339 g/mol. The van der Waals surface area contributed by atoms with Crippen LogP contribution in [0.5, 0.6) is 0 Å². The summed E-state index contributed by atoms with van der Waals surface area (Å²) in [5.74, 6) is 0.649. The standard InChI is InChI=1S/C16H30O2Si3/c1-19(2,3)17-21(7,18-20(4,5)6)16-13-15(16)14-11-9-8-10-12-14/h8-12,15-16H,13H2,1-7H3/t15-,16+/m1/s1. The summed E-state index contributed by atoms with van der Waals surface area (Å²) in [4.78, 5) is 0. The topological polar surface area (TPSA) is 18.5 Å². The maximum atomic E-state index is 6.67. The molecule has 0 amide bonds. The molecule has 2 atom stereocenters. The summed E-state index contributed by atoms with van der Waals surface area (Å²) in [5.41, 5.74) is 2.08. The Kier molecular flexibility index (Phi) is 4.71. The van der Waals surface area contributed by atoms with Gasteiger partial charge in [-0.05, 0) is 63.7 Å². The molecule has 0 aromatic heterocycles. The molecule has 1 aromatic rings. The maximum absolute atomic E-state index is 6.67. The summed E-state index contributed by atoms with van der Waals surface area (Å²) in [5, 5.41) is 0. The van der Waals surface area contributed by atoms with E-state index in [2.05, 4.69) is 76.2 Å². The van der Waals surface area contributed by atoms with Crippen molar-refractivity contribution in [3.05, 3.63) is 35.9 Å². The zero-order valence-electron chi connectivity index (χ0n) is 14.6. The zero-order valence-corrected chi connectivity index (χ0v) is 17.6. The Morgan fingerprint density at radius 2 is 1.29 bits per heavy atom. The van der Waals surface area contributed by atoms with E-state index in [1.807, 2.05) is 0 Å². The minimum absolute atomic E-state index is 0.623. The zero-order chi connectivity index (χ0) is 15.9. The van der Waals surface area contributed by atoms with Crippen molar-refractivity contribution in [2.45, 2.75) is 63.7 Å². The Balaban J connectivity index is 2.18. The second-order valence-corrected chi connectivity index (χ2v) is 21.2. The van der Waals surface area contributed by atoms with E-state index in [9.17, 15) is 0 Å². The Bertz CT molecular complexity index is 461. The Labute approximate surface area is 133 Å². The highest BCUT2D eigenvalue weighted by Crippen LogP contribution is 2.59. The summed E-state index contributed by atoms with van der Waals surface area (Å²) in [6.45, 7) is 16.0. The Morgan fingerprint density at radius 3 is 1.71 bits per heavy atom. The third-order valence-electron chi connectivity index (χ3n) is 3.71. The van der Waals surface area contributed by atoms with Crippen LogP contribution in [-0.4, -0.2) is 25.2 Å². The fourth-order valence-corrected chi connectivity index (χ4v) is 16.3. The molecule has 1 aliphatic carbocycles. The lowest BCUT2D eigenvalue weighted by Gasteiger charge is -2.39. The fourth-order valence-electron chi connectivity index (χ4n) is 3.23. The van der Waals surface area contributed by atoms with E-state index in [-0.39, 0.29) is 0 Å². The summed E-state index contributed by atoms with van der Waals surface area (Å²) < 4.78 is 13.3. The van der Waals surface area contributed by atoms with E-state index < -0.39 is 25.2 Å². The van der Waals surface area contributed by atoms with E-state index in [1.54, 1.807) is 0 Å².